The number of carboxylic acid groups (broad SMARTS) is 2. The van der Waals surface area contributed by atoms with Crippen LogP contribution < -0.4 is 0 Å². The molecule has 2 aromatic rings. The minimum atomic E-state index is -0.926. The van der Waals surface area contributed by atoms with Crippen LogP contribution in [-0.2, 0) is 9.59 Å². The average Bonchev–Trinajstić information content (AvgIpc) is 2.83. The smallest absolute Gasteiger partial charge is 0.328 e. The molecule has 0 heterocycles. The van der Waals surface area contributed by atoms with Crippen molar-refractivity contribution in [1.82, 2.24) is 0 Å². The number of rotatable bonds is 8. The van der Waals surface area contributed by atoms with Crippen molar-refractivity contribution in [3.05, 3.63) is 127 Å². The van der Waals surface area contributed by atoms with Crippen LogP contribution in [0.5, 0.6) is 17.2 Å². The molecule has 0 aliphatic heterocycles. The van der Waals surface area contributed by atoms with Gasteiger partial charge in [0, 0.05) is 18.2 Å². The number of aromatic hydroxyl groups is 3. The van der Waals surface area contributed by atoms with E-state index in [1.165, 1.54) is 18.2 Å². The molecule has 0 radical (unpaired) electrons. The zero-order chi connectivity index (χ0) is 27.9. The zero-order valence-electron chi connectivity index (χ0n) is 20.7. The summed E-state index contributed by atoms with van der Waals surface area (Å²) in [5.74, 6) is -1.59. The van der Waals surface area contributed by atoms with E-state index in [0.29, 0.717) is 5.56 Å². The van der Waals surface area contributed by atoms with Crippen LogP contribution in [0, 0.1) is 0 Å². The first-order valence-corrected chi connectivity index (χ1v) is 11.1. The fourth-order valence-corrected chi connectivity index (χ4v) is 2.25. The van der Waals surface area contributed by atoms with Crippen molar-refractivity contribution in [2.75, 3.05) is 0 Å². The maximum atomic E-state index is 9.89. The summed E-state index contributed by atoms with van der Waals surface area (Å²) in [4.78, 5) is 19.8. The quantitative estimate of drug-likeness (QED) is 0.157. The number of allylic oxidation sites excluding steroid dienone is 10. The molecule has 5 N–H and O–H groups in total. The molecule has 37 heavy (non-hydrogen) atoms. The van der Waals surface area contributed by atoms with Gasteiger partial charge in [-0.3, -0.25) is 0 Å². The van der Waals surface area contributed by atoms with Crippen molar-refractivity contribution in [3.63, 3.8) is 0 Å². The van der Waals surface area contributed by atoms with Crippen molar-refractivity contribution in [1.29, 1.82) is 0 Å². The largest absolute Gasteiger partial charge is 0.508 e. The minimum absolute atomic E-state index is 0.0235. The Morgan fingerprint density at radius 3 is 1.35 bits per heavy atom. The lowest BCUT2D eigenvalue weighted by molar-refractivity contribution is -0.132. The van der Waals surface area contributed by atoms with Crippen molar-refractivity contribution < 1.29 is 35.1 Å². The summed E-state index contributed by atoms with van der Waals surface area (Å²) in [6, 6.07) is 11.1. The first-order chi connectivity index (χ1) is 17.7. The van der Waals surface area contributed by atoms with Gasteiger partial charge in [-0.15, -0.1) is 0 Å². The zero-order valence-corrected chi connectivity index (χ0v) is 20.7. The molecule has 7 nitrogen and oxygen atoms in total. The number of carboxylic acids is 2. The fraction of sp³-hybridized carbons (Fsp3) is 0.0667. The van der Waals surface area contributed by atoms with Gasteiger partial charge in [0.05, 0.1) is 0 Å². The molecule has 0 atom stereocenters. The Kier molecular flexibility index (Phi) is 17.6. The van der Waals surface area contributed by atoms with Gasteiger partial charge < -0.3 is 25.5 Å². The van der Waals surface area contributed by atoms with Crippen molar-refractivity contribution in [2.45, 2.75) is 13.8 Å². The molecule has 0 aromatic heterocycles. The van der Waals surface area contributed by atoms with Gasteiger partial charge in [0.2, 0.25) is 0 Å². The van der Waals surface area contributed by atoms with Gasteiger partial charge in [0.15, 0.2) is 0 Å². The SMILES string of the molecule is CC=CC=CC=CC(=O)O.CC=CC=CC=CC(=O)O.Oc1ccc(C=Cc2cc(O)cc(O)c2)cc1. The number of phenolic OH excluding ortho intramolecular Hbond substituents is 3. The summed E-state index contributed by atoms with van der Waals surface area (Å²) < 4.78 is 0. The lowest BCUT2D eigenvalue weighted by Gasteiger charge is -1.98. The predicted molar refractivity (Wildman–Crippen MR) is 148 cm³/mol. The van der Waals surface area contributed by atoms with Crippen molar-refractivity contribution >= 4 is 24.1 Å². The Morgan fingerprint density at radius 1 is 0.541 bits per heavy atom. The first kappa shape index (κ1) is 32.0. The minimum Gasteiger partial charge on any atom is -0.508 e. The van der Waals surface area contributed by atoms with E-state index in [2.05, 4.69) is 0 Å². The number of hydrogen-bond donors (Lipinski definition) is 5. The second-order valence-electron chi connectivity index (χ2n) is 6.92. The molecule has 0 bridgehead atoms. The van der Waals surface area contributed by atoms with E-state index in [0.717, 1.165) is 17.7 Å². The Balaban J connectivity index is 0.000000564. The van der Waals surface area contributed by atoms with Crippen molar-refractivity contribution in [3.8, 4) is 17.2 Å². The number of carbonyl (C=O) groups is 2. The Bertz CT molecular complexity index is 1100. The highest BCUT2D eigenvalue weighted by molar-refractivity contribution is 5.80. The number of phenols is 3. The summed E-state index contributed by atoms with van der Waals surface area (Å²) in [5.41, 5.74) is 1.63. The van der Waals surface area contributed by atoms with Gasteiger partial charge in [0.1, 0.15) is 17.2 Å². The van der Waals surface area contributed by atoms with Crippen LogP contribution in [0.3, 0.4) is 0 Å². The predicted octanol–water partition coefficient (Wildman–Crippen LogP) is 6.49. The van der Waals surface area contributed by atoms with Gasteiger partial charge in [0.25, 0.3) is 0 Å². The molecule has 0 saturated carbocycles. The second-order valence-corrected chi connectivity index (χ2v) is 6.92. The molecule has 0 unspecified atom stereocenters. The molecule has 194 valence electrons. The normalized spacial score (nSPS) is 11.5. The molecule has 0 spiro atoms. The highest BCUT2D eigenvalue weighted by Gasteiger charge is 1.96. The van der Waals surface area contributed by atoms with Crippen LogP contribution in [0.4, 0.5) is 0 Å². The molecule has 0 saturated heterocycles. The molecular formula is C30H32O7. The summed E-state index contributed by atoms with van der Waals surface area (Å²) in [6.45, 7) is 3.79. The second kappa shape index (κ2) is 20.3. The first-order valence-electron chi connectivity index (χ1n) is 11.1. The van der Waals surface area contributed by atoms with E-state index < -0.39 is 11.9 Å². The standard InChI is InChI=1S/C14H12O3.2C8H10O2/c15-12-5-3-10(4-6-12)1-2-11-7-13(16)9-14(17)8-11;2*1-2-3-4-5-6-7-8(9)10/h1-9,15-17H;2*2-7H,1H3,(H,9,10). The topological polar surface area (TPSA) is 135 Å². The number of hydrogen-bond acceptors (Lipinski definition) is 5. The number of aliphatic carboxylic acids is 2. The van der Waals surface area contributed by atoms with Crippen LogP contribution in [0.25, 0.3) is 12.2 Å². The summed E-state index contributed by atoms with van der Waals surface area (Å²) in [6.07, 6.45) is 22.9. The van der Waals surface area contributed by atoms with Crippen LogP contribution in [0.2, 0.25) is 0 Å². The van der Waals surface area contributed by atoms with Crippen LogP contribution in [0.1, 0.15) is 25.0 Å². The van der Waals surface area contributed by atoms with E-state index >= 15 is 0 Å². The van der Waals surface area contributed by atoms with Crippen LogP contribution in [0.15, 0.2) is 115 Å². The highest BCUT2D eigenvalue weighted by atomic mass is 16.4. The number of benzene rings is 2. The van der Waals surface area contributed by atoms with E-state index in [1.807, 2.05) is 44.2 Å². The third-order valence-corrected chi connectivity index (χ3v) is 3.82. The molecule has 0 aliphatic rings. The Labute approximate surface area is 217 Å². The van der Waals surface area contributed by atoms with E-state index in [4.69, 9.17) is 15.3 Å². The monoisotopic (exact) mass is 504 g/mol. The van der Waals surface area contributed by atoms with E-state index in [1.54, 1.807) is 66.8 Å². The van der Waals surface area contributed by atoms with Gasteiger partial charge in [-0.2, -0.15) is 0 Å². The summed E-state index contributed by atoms with van der Waals surface area (Å²) in [5, 5.41) is 44.0. The molecule has 0 amide bonds. The fourth-order valence-electron chi connectivity index (χ4n) is 2.25. The average molecular weight is 505 g/mol. The Hall–Kier alpha value is -5.04. The van der Waals surface area contributed by atoms with Crippen LogP contribution in [-0.4, -0.2) is 37.5 Å². The van der Waals surface area contributed by atoms with E-state index in [-0.39, 0.29) is 17.2 Å². The van der Waals surface area contributed by atoms with Gasteiger partial charge in [-0.1, -0.05) is 85.0 Å². The maximum Gasteiger partial charge on any atom is 0.328 e. The van der Waals surface area contributed by atoms with Gasteiger partial charge in [-0.25, -0.2) is 9.59 Å². The molecule has 2 aromatic carbocycles. The third kappa shape index (κ3) is 20.1. The molecule has 0 aliphatic carbocycles. The van der Waals surface area contributed by atoms with Gasteiger partial charge in [-0.05, 0) is 49.2 Å². The third-order valence-electron chi connectivity index (χ3n) is 3.82. The van der Waals surface area contributed by atoms with Gasteiger partial charge >= 0.3 is 11.9 Å². The van der Waals surface area contributed by atoms with E-state index in [9.17, 15) is 19.8 Å². The molecule has 0 fully saturated rings. The highest BCUT2D eigenvalue weighted by Crippen LogP contribution is 2.22. The lowest BCUT2D eigenvalue weighted by atomic mass is 10.1. The summed E-state index contributed by atoms with van der Waals surface area (Å²) in [7, 11) is 0. The molecule has 7 heteroatoms. The van der Waals surface area contributed by atoms with Crippen molar-refractivity contribution in [2.24, 2.45) is 0 Å². The maximum absolute atomic E-state index is 9.89. The molecular weight excluding hydrogens is 472 g/mol. The van der Waals surface area contributed by atoms with Crippen LogP contribution >= 0.6 is 0 Å². The lowest BCUT2D eigenvalue weighted by Crippen LogP contribution is -1.84. The molecule has 2 rings (SSSR count). The Morgan fingerprint density at radius 2 is 0.946 bits per heavy atom. The summed E-state index contributed by atoms with van der Waals surface area (Å²) >= 11 is 0.